The lowest BCUT2D eigenvalue weighted by Crippen LogP contribution is -2.41. The molecule has 1 aliphatic rings. The van der Waals surface area contributed by atoms with Crippen LogP contribution in [-0.4, -0.2) is 56.0 Å². The van der Waals surface area contributed by atoms with Crippen LogP contribution in [0.4, 0.5) is 0 Å². The minimum atomic E-state index is -3.11. The minimum absolute atomic E-state index is 0.140. The van der Waals surface area contributed by atoms with Gasteiger partial charge in [-0.05, 0) is 38.5 Å². The third-order valence-electron chi connectivity index (χ3n) is 3.74. The molecule has 0 bridgehead atoms. The van der Waals surface area contributed by atoms with Crippen LogP contribution in [0.1, 0.15) is 39.5 Å². The van der Waals surface area contributed by atoms with Crippen LogP contribution in [0.3, 0.4) is 0 Å². The van der Waals surface area contributed by atoms with E-state index in [0.29, 0.717) is 26.1 Å². The molecule has 3 atom stereocenters. The standard InChI is InChI=1S/C13H27NO4S/c1-4-13(18-5-2)12(15)9-11-7-6-8-14(10-11)19(3,16)17/h11-13,15H,4-10H2,1-3H3. The third-order valence-corrected chi connectivity index (χ3v) is 5.01. The zero-order valence-electron chi connectivity index (χ0n) is 12.2. The Balaban J connectivity index is 2.52. The van der Waals surface area contributed by atoms with Crippen molar-refractivity contribution in [3.63, 3.8) is 0 Å². The largest absolute Gasteiger partial charge is 0.390 e. The summed E-state index contributed by atoms with van der Waals surface area (Å²) in [7, 11) is -3.11. The van der Waals surface area contributed by atoms with Crippen molar-refractivity contribution >= 4 is 10.0 Å². The fourth-order valence-corrected chi connectivity index (χ4v) is 3.67. The van der Waals surface area contributed by atoms with E-state index in [9.17, 15) is 13.5 Å². The van der Waals surface area contributed by atoms with E-state index in [1.54, 1.807) is 0 Å². The highest BCUT2D eigenvalue weighted by Gasteiger charge is 2.29. The number of rotatable bonds is 7. The van der Waals surface area contributed by atoms with Gasteiger partial charge in [0.1, 0.15) is 0 Å². The Labute approximate surface area is 117 Å². The second-order valence-electron chi connectivity index (χ2n) is 5.33. The predicted octanol–water partition coefficient (Wildman–Crippen LogP) is 1.22. The van der Waals surface area contributed by atoms with Gasteiger partial charge in [0.2, 0.25) is 10.0 Å². The first-order valence-electron chi connectivity index (χ1n) is 7.13. The predicted molar refractivity (Wildman–Crippen MR) is 75.5 cm³/mol. The Morgan fingerprint density at radius 1 is 1.42 bits per heavy atom. The Hall–Kier alpha value is -0.170. The van der Waals surface area contributed by atoms with Crippen molar-refractivity contribution in [2.45, 2.75) is 51.7 Å². The minimum Gasteiger partial charge on any atom is -0.390 e. The summed E-state index contributed by atoms with van der Waals surface area (Å²) in [6.07, 6.45) is 3.85. The lowest BCUT2D eigenvalue weighted by atomic mass is 9.91. The molecule has 1 rings (SSSR count). The molecule has 0 saturated carbocycles. The smallest absolute Gasteiger partial charge is 0.211 e. The monoisotopic (exact) mass is 293 g/mol. The molecule has 0 amide bonds. The molecule has 1 fully saturated rings. The summed E-state index contributed by atoms with van der Waals surface area (Å²) in [4.78, 5) is 0. The average molecular weight is 293 g/mol. The molecule has 0 aliphatic carbocycles. The van der Waals surface area contributed by atoms with Crippen LogP contribution in [0.25, 0.3) is 0 Å². The van der Waals surface area contributed by atoms with Crippen LogP contribution in [-0.2, 0) is 14.8 Å². The van der Waals surface area contributed by atoms with Crippen molar-refractivity contribution in [1.82, 2.24) is 4.31 Å². The Morgan fingerprint density at radius 2 is 2.11 bits per heavy atom. The molecule has 0 aromatic carbocycles. The SMILES string of the molecule is CCOC(CC)C(O)CC1CCCN(S(C)(=O)=O)C1. The lowest BCUT2D eigenvalue weighted by molar-refractivity contribution is -0.0457. The van der Waals surface area contributed by atoms with E-state index in [1.807, 2.05) is 13.8 Å². The maximum absolute atomic E-state index is 11.5. The van der Waals surface area contributed by atoms with Gasteiger partial charge in [0, 0.05) is 19.7 Å². The molecule has 6 heteroatoms. The summed E-state index contributed by atoms with van der Waals surface area (Å²) >= 11 is 0. The maximum Gasteiger partial charge on any atom is 0.211 e. The van der Waals surface area contributed by atoms with E-state index >= 15 is 0 Å². The number of hydrogen-bond acceptors (Lipinski definition) is 4. The first-order chi connectivity index (χ1) is 8.88. The van der Waals surface area contributed by atoms with Gasteiger partial charge in [0.05, 0.1) is 18.5 Å². The van der Waals surface area contributed by atoms with Crippen molar-refractivity contribution in [1.29, 1.82) is 0 Å². The second-order valence-corrected chi connectivity index (χ2v) is 7.32. The molecule has 1 N–H and O–H groups in total. The third kappa shape index (κ3) is 5.38. The Bertz CT molecular complexity index is 358. The van der Waals surface area contributed by atoms with E-state index < -0.39 is 16.1 Å². The van der Waals surface area contributed by atoms with Gasteiger partial charge in [-0.25, -0.2) is 12.7 Å². The molecule has 5 nitrogen and oxygen atoms in total. The van der Waals surface area contributed by atoms with Gasteiger partial charge < -0.3 is 9.84 Å². The van der Waals surface area contributed by atoms with Crippen molar-refractivity contribution < 1.29 is 18.3 Å². The zero-order chi connectivity index (χ0) is 14.5. The summed E-state index contributed by atoms with van der Waals surface area (Å²) < 4.78 is 30.1. The number of nitrogens with zero attached hydrogens (tertiary/aromatic N) is 1. The molecule has 19 heavy (non-hydrogen) atoms. The molecule has 0 aromatic rings. The Morgan fingerprint density at radius 3 is 2.63 bits per heavy atom. The van der Waals surface area contributed by atoms with Gasteiger partial charge in [-0.15, -0.1) is 0 Å². The van der Waals surface area contributed by atoms with Crippen LogP contribution < -0.4 is 0 Å². The van der Waals surface area contributed by atoms with E-state index in [1.165, 1.54) is 10.6 Å². The van der Waals surface area contributed by atoms with Crippen LogP contribution in [0.5, 0.6) is 0 Å². The maximum atomic E-state index is 11.5. The molecule has 1 aliphatic heterocycles. The zero-order valence-corrected chi connectivity index (χ0v) is 13.0. The molecule has 0 spiro atoms. The number of ether oxygens (including phenoxy) is 1. The fourth-order valence-electron chi connectivity index (χ4n) is 2.73. The average Bonchev–Trinajstić information content (AvgIpc) is 2.35. The number of aliphatic hydroxyl groups is 1. The van der Waals surface area contributed by atoms with E-state index in [2.05, 4.69) is 0 Å². The fraction of sp³-hybridized carbons (Fsp3) is 1.00. The van der Waals surface area contributed by atoms with E-state index in [0.717, 1.165) is 19.3 Å². The van der Waals surface area contributed by atoms with E-state index in [-0.39, 0.29) is 12.0 Å². The lowest BCUT2D eigenvalue weighted by Gasteiger charge is -2.33. The highest BCUT2D eigenvalue weighted by Crippen LogP contribution is 2.24. The van der Waals surface area contributed by atoms with Crippen LogP contribution in [0.15, 0.2) is 0 Å². The van der Waals surface area contributed by atoms with Gasteiger partial charge in [-0.1, -0.05) is 6.92 Å². The van der Waals surface area contributed by atoms with Gasteiger partial charge >= 0.3 is 0 Å². The molecular weight excluding hydrogens is 266 g/mol. The molecule has 3 unspecified atom stereocenters. The van der Waals surface area contributed by atoms with Crippen molar-refractivity contribution in [2.75, 3.05) is 26.0 Å². The van der Waals surface area contributed by atoms with Gasteiger partial charge in [0.25, 0.3) is 0 Å². The molecule has 0 radical (unpaired) electrons. The van der Waals surface area contributed by atoms with Crippen molar-refractivity contribution in [3.8, 4) is 0 Å². The van der Waals surface area contributed by atoms with Crippen LogP contribution in [0, 0.1) is 5.92 Å². The van der Waals surface area contributed by atoms with Gasteiger partial charge in [-0.3, -0.25) is 0 Å². The quantitative estimate of drug-likeness (QED) is 0.766. The Kier molecular flexibility index (Phi) is 6.73. The number of hydrogen-bond donors (Lipinski definition) is 1. The summed E-state index contributed by atoms with van der Waals surface area (Å²) in [5.74, 6) is 0.230. The summed E-state index contributed by atoms with van der Waals surface area (Å²) in [5.41, 5.74) is 0. The highest BCUT2D eigenvalue weighted by molar-refractivity contribution is 7.88. The molecule has 0 aromatic heterocycles. The van der Waals surface area contributed by atoms with Crippen LogP contribution >= 0.6 is 0 Å². The van der Waals surface area contributed by atoms with Crippen molar-refractivity contribution in [3.05, 3.63) is 0 Å². The number of aliphatic hydroxyl groups excluding tert-OH is 1. The van der Waals surface area contributed by atoms with Gasteiger partial charge in [0.15, 0.2) is 0 Å². The first-order valence-corrected chi connectivity index (χ1v) is 8.98. The normalized spacial score (nSPS) is 25.2. The highest BCUT2D eigenvalue weighted by atomic mass is 32.2. The molecule has 114 valence electrons. The van der Waals surface area contributed by atoms with E-state index in [4.69, 9.17) is 4.74 Å². The summed E-state index contributed by atoms with van der Waals surface area (Å²) in [6.45, 7) is 5.64. The number of sulfonamides is 1. The topological polar surface area (TPSA) is 66.8 Å². The molecule has 1 saturated heterocycles. The number of piperidine rings is 1. The summed E-state index contributed by atoms with van der Waals surface area (Å²) in [6, 6.07) is 0. The summed E-state index contributed by atoms with van der Waals surface area (Å²) in [5, 5.41) is 10.2. The van der Waals surface area contributed by atoms with Crippen molar-refractivity contribution in [2.24, 2.45) is 5.92 Å². The van der Waals surface area contributed by atoms with Gasteiger partial charge in [-0.2, -0.15) is 0 Å². The molecular formula is C13H27NO4S. The first kappa shape index (κ1) is 16.9. The molecule has 1 heterocycles. The van der Waals surface area contributed by atoms with Crippen LogP contribution in [0.2, 0.25) is 0 Å². The second kappa shape index (κ2) is 7.57.